The Morgan fingerprint density at radius 2 is 2.32 bits per heavy atom. The van der Waals surface area contributed by atoms with Crippen molar-refractivity contribution in [2.75, 3.05) is 26.8 Å². The van der Waals surface area contributed by atoms with Crippen LogP contribution in [0, 0.1) is 5.92 Å². The second-order valence-electron chi connectivity index (χ2n) is 5.39. The van der Waals surface area contributed by atoms with Crippen LogP contribution in [-0.2, 0) is 20.7 Å². The van der Waals surface area contributed by atoms with E-state index >= 15 is 0 Å². The van der Waals surface area contributed by atoms with Crippen molar-refractivity contribution in [1.29, 1.82) is 0 Å². The molecular weight excluding hydrogens is 284 g/mol. The van der Waals surface area contributed by atoms with Gasteiger partial charge in [0.05, 0.1) is 19.6 Å². The van der Waals surface area contributed by atoms with E-state index in [1.807, 2.05) is 18.3 Å². The molecule has 1 amide bonds. The van der Waals surface area contributed by atoms with Crippen molar-refractivity contribution in [2.24, 2.45) is 5.92 Å². The maximum atomic E-state index is 12.1. The summed E-state index contributed by atoms with van der Waals surface area (Å²) in [5.74, 6) is -0.467. The van der Waals surface area contributed by atoms with Crippen LogP contribution in [0.4, 0.5) is 4.79 Å². The largest absolute Gasteiger partial charge is 0.465 e. The number of aromatic nitrogens is 1. The highest BCUT2D eigenvalue weighted by molar-refractivity contribution is 5.74. The first-order chi connectivity index (χ1) is 10.7. The van der Waals surface area contributed by atoms with Crippen LogP contribution < -0.4 is 0 Å². The summed E-state index contributed by atoms with van der Waals surface area (Å²) in [7, 11) is 1.35. The molecule has 0 radical (unpaired) electrons. The number of carbonyl (C=O) groups is 2. The average Bonchev–Trinajstić information content (AvgIpc) is 2.59. The number of hydrogen-bond acceptors (Lipinski definition) is 5. The molecule has 1 aromatic heterocycles. The van der Waals surface area contributed by atoms with Crippen molar-refractivity contribution in [3.63, 3.8) is 0 Å². The number of carbonyl (C=O) groups excluding carboxylic acids is 2. The summed E-state index contributed by atoms with van der Waals surface area (Å²) in [4.78, 5) is 29.2. The molecule has 1 aliphatic rings. The number of esters is 1. The minimum absolute atomic E-state index is 0.222. The zero-order chi connectivity index (χ0) is 15.8. The number of likely N-dealkylation sites (tertiary alicyclic amines) is 1. The molecule has 22 heavy (non-hydrogen) atoms. The molecule has 2 heterocycles. The molecule has 1 atom stereocenters. The SMILES string of the molecule is COC(=O)N1CCC[C@@H](C(=O)OCCCc2cccnc2)C1. The molecule has 0 aromatic carbocycles. The van der Waals surface area contributed by atoms with Gasteiger partial charge in [-0.05, 0) is 37.3 Å². The van der Waals surface area contributed by atoms with E-state index in [0.29, 0.717) is 19.7 Å². The summed E-state index contributed by atoms with van der Waals surface area (Å²) >= 11 is 0. The molecule has 1 aromatic rings. The second kappa shape index (κ2) is 8.36. The van der Waals surface area contributed by atoms with E-state index in [9.17, 15) is 9.59 Å². The van der Waals surface area contributed by atoms with Crippen molar-refractivity contribution in [3.05, 3.63) is 30.1 Å². The first-order valence-electron chi connectivity index (χ1n) is 7.59. The van der Waals surface area contributed by atoms with E-state index in [2.05, 4.69) is 4.98 Å². The molecule has 0 unspecified atom stereocenters. The Kier molecular flexibility index (Phi) is 6.18. The first-order valence-corrected chi connectivity index (χ1v) is 7.59. The van der Waals surface area contributed by atoms with Crippen LogP contribution in [0.2, 0.25) is 0 Å². The summed E-state index contributed by atoms with van der Waals surface area (Å²) in [5.41, 5.74) is 1.13. The lowest BCUT2D eigenvalue weighted by Crippen LogP contribution is -2.42. The van der Waals surface area contributed by atoms with Crippen LogP contribution in [0.15, 0.2) is 24.5 Å². The normalized spacial score (nSPS) is 17.9. The molecule has 1 saturated heterocycles. The second-order valence-corrected chi connectivity index (χ2v) is 5.39. The number of methoxy groups -OCH3 is 1. The van der Waals surface area contributed by atoms with E-state index in [0.717, 1.165) is 31.2 Å². The van der Waals surface area contributed by atoms with E-state index < -0.39 is 0 Å². The lowest BCUT2D eigenvalue weighted by atomic mass is 9.98. The predicted molar refractivity (Wildman–Crippen MR) is 80.2 cm³/mol. The maximum absolute atomic E-state index is 12.1. The number of nitrogens with zero attached hydrogens (tertiary/aromatic N) is 2. The summed E-state index contributed by atoms with van der Waals surface area (Å²) in [6, 6.07) is 3.90. The van der Waals surface area contributed by atoms with Gasteiger partial charge in [0.25, 0.3) is 0 Å². The Labute approximate surface area is 130 Å². The van der Waals surface area contributed by atoms with Gasteiger partial charge in [0.2, 0.25) is 0 Å². The van der Waals surface area contributed by atoms with Crippen molar-refractivity contribution < 1.29 is 19.1 Å². The molecule has 0 spiro atoms. The molecule has 1 fully saturated rings. The van der Waals surface area contributed by atoms with E-state index in [1.54, 1.807) is 11.1 Å². The minimum atomic E-state index is -0.380. The van der Waals surface area contributed by atoms with Crippen LogP contribution in [0.5, 0.6) is 0 Å². The van der Waals surface area contributed by atoms with Gasteiger partial charge in [0.15, 0.2) is 0 Å². The lowest BCUT2D eigenvalue weighted by Gasteiger charge is -2.30. The molecule has 0 N–H and O–H groups in total. The average molecular weight is 306 g/mol. The van der Waals surface area contributed by atoms with E-state index in [4.69, 9.17) is 9.47 Å². The van der Waals surface area contributed by atoms with Crippen LogP contribution in [0.25, 0.3) is 0 Å². The number of piperidine rings is 1. The summed E-state index contributed by atoms with van der Waals surface area (Å²) in [5, 5.41) is 0. The molecule has 1 aliphatic heterocycles. The minimum Gasteiger partial charge on any atom is -0.465 e. The maximum Gasteiger partial charge on any atom is 0.409 e. The monoisotopic (exact) mass is 306 g/mol. The van der Waals surface area contributed by atoms with Gasteiger partial charge < -0.3 is 14.4 Å². The topological polar surface area (TPSA) is 68.7 Å². The number of rotatable bonds is 5. The Morgan fingerprint density at radius 1 is 1.45 bits per heavy atom. The third-order valence-electron chi connectivity index (χ3n) is 3.76. The van der Waals surface area contributed by atoms with Gasteiger partial charge in [-0.3, -0.25) is 9.78 Å². The number of aryl methyl sites for hydroxylation is 1. The van der Waals surface area contributed by atoms with Crippen molar-refractivity contribution in [3.8, 4) is 0 Å². The third kappa shape index (κ3) is 4.72. The van der Waals surface area contributed by atoms with Crippen molar-refractivity contribution in [1.82, 2.24) is 9.88 Å². The standard InChI is InChI=1S/C16H22N2O4/c1-21-16(20)18-9-3-7-14(12-18)15(19)22-10-4-6-13-5-2-8-17-11-13/h2,5,8,11,14H,3-4,6-7,9-10,12H2,1H3/t14-/m1/s1. The van der Waals surface area contributed by atoms with Gasteiger partial charge in [0, 0.05) is 25.5 Å². The first kappa shape index (κ1) is 16.3. The smallest absolute Gasteiger partial charge is 0.409 e. The molecule has 0 bridgehead atoms. The van der Waals surface area contributed by atoms with Crippen molar-refractivity contribution >= 4 is 12.1 Å². The van der Waals surface area contributed by atoms with E-state index in [1.165, 1.54) is 7.11 Å². The quantitative estimate of drug-likeness (QED) is 0.615. The fourth-order valence-corrected chi connectivity index (χ4v) is 2.58. The van der Waals surface area contributed by atoms with Crippen LogP contribution in [-0.4, -0.2) is 48.8 Å². The Bertz CT molecular complexity index is 492. The molecule has 2 rings (SSSR count). The summed E-state index contributed by atoms with van der Waals surface area (Å²) < 4.78 is 10.0. The molecular formula is C16H22N2O4. The van der Waals surface area contributed by atoms with Gasteiger partial charge >= 0.3 is 12.1 Å². The number of pyridine rings is 1. The third-order valence-corrected chi connectivity index (χ3v) is 3.76. The Hall–Kier alpha value is -2.11. The molecule has 6 nitrogen and oxygen atoms in total. The lowest BCUT2D eigenvalue weighted by molar-refractivity contribution is -0.150. The van der Waals surface area contributed by atoms with Crippen LogP contribution >= 0.6 is 0 Å². The molecule has 6 heteroatoms. The highest BCUT2D eigenvalue weighted by atomic mass is 16.5. The van der Waals surface area contributed by atoms with Gasteiger partial charge in [-0.25, -0.2) is 4.79 Å². The summed E-state index contributed by atoms with van der Waals surface area (Å²) in [6.45, 7) is 1.41. The number of hydrogen-bond donors (Lipinski definition) is 0. The van der Waals surface area contributed by atoms with Gasteiger partial charge in [-0.2, -0.15) is 0 Å². The Morgan fingerprint density at radius 3 is 3.05 bits per heavy atom. The Balaban J connectivity index is 1.69. The fourth-order valence-electron chi connectivity index (χ4n) is 2.58. The number of amides is 1. The highest BCUT2D eigenvalue weighted by Gasteiger charge is 2.29. The zero-order valence-electron chi connectivity index (χ0n) is 12.9. The summed E-state index contributed by atoms with van der Waals surface area (Å²) in [6.07, 6.45) is 6.33. The number of ether oxygens (including phenoxy) is 2. The van der Waals surface area contributed by atoms with Crippen LogP contribution in [0.3, 0.4) is 0 Å². The van der Waals surface area contributed by atoms with Crippen molar-refractivity contribution in [2.45, 2.75) is 25.7 Å². The van der Waals surface area contributed by atoms with E-state index in [-0.39, 0.29) is 18.0 Å². The van der Waals surface area contributed by atoms with Gasteiger partial charge in [-0.1, -0.05) is 6.07 Å². The highest BCUT2D eigenvalue weighted by Crippen LogP contribution is 2.18. The zero-order valence-corrected chi connectivity index (χ0v) is 12.9. The molecule has 0 saturated carbocycles. The van der Waals surface area contributed by atoms with Gasteiger partial charge in [-0.15, -0.1) is 0 Å². The molecule has 0 aliphatic carbocycles. The predicted octanol–water partition coefficient (Wildman–Crippen LogP) is 2.04. The molecule has 120 valence electrons. The van der Waals surface area contributed by atoms with Crippen LogP contribution in [0.1, 0.15) is 24.8 Å². The van der Waals surface area contributed by atoms with Gasteiger partial charge in [0.1, 0.15) is 0 Å². The fraction of sp³-hybridized carbons (Fsp3) is 0.562.